The predicted molar refractivity (Wildman–Crippen MR) is 140 cm³/mol. The zero-order valence-corrected chi connectivity index (χ0v) is 21.0. The molecule has 1 amide bonds. The largest absolute Gasteiger partial charge is 0.487 e. The van der Waals surface area contributed by atoms with Gasteiger partial charge in [-0.25, -0.2) is 5.43 Å². The number of hydrogen-bond donors (Lipinski definition) is 1. The average molecular weight is 558 g/mol. The van der Waals surface area contributed by atoms with Gasteiger partial charge in [-0.15, -0.1) is 6.58 Å². The third kappa shape index (κ3) is 5.70. The van der Waals surface area contributed by atoms with E-state index in [9.17, 15) is 4.79 Å². The Bertz CT molecular complexity index is 1370. The molecule has 0 saturated heterocycles. The van der Waals surface area contributed by atoms with Gasteiger partial charge in [-0.05, 0) is 69.9 Å². The summed E-state index contributed by atoms with van der Waals surface area (Å²) in [6.07, 6.45) is 3.92. The van der Waals surface area contributed by atoms with Gasteiger partial charge < -0.3 is 9.15 Å². The van der Waals surface area contributed by atoms with E-state index in [1.807, 2.05) is 36.4 Å². The lowest BCUT2D eigenvalue weighted by Crippen LogP contribution is -2.16. The number of furan rings is 1. The second kappa shape index (κ2) is 10.9. The maximum absolute atomic E-state index is 12.4. The zero-order valence-electron chi connectivity index (χ0n) is 17.9. The number of nitrogens with one attached hydrogen (secondary N) is 1. The molecule has 0 fully saturated rings. The summed E-state index contributed by atoms with van der Waals surface area (Å²) in [6, 6.07) is 18.1. The van der Waals surface area contributed by atoms with Gasteiger partial charge in [-0.2, -0.15) is 5.10 Å². The highest BCUT2D eigenvalue weighted by molar-refractivity contribution is 9.10. The number of nitrogens with zero attached hydrogens (tertiary/aromatic N) is 1. The van der Waals surface area contributed by atoms with Crippen LogP contribution in [-0.4, -0.2) is 12.1 Å². The summed E-state index contributed by atoms with van der Waals surface area (Å²) in [6.45, 7) is 4.11. The van der Waals surface area contributed by atoms with Gasteiger partial charge >= 0.3 is 5.91 Å². The minimum Gasteiger partial charge on any atom is -0.487 e. The smallest absolute Gasteiger partial charge is 0.307 e. The summed E-state index contributed by atoms with van der Waals surface area (Å²) < 4.78 is 12.4. The number of para-hydroxylation sites is 1. The third-order valence-electron chi connectivity index (χ3n) is 4.92. The molecule has 0 radical (unpaired) electrons. The van der Waals surface area contributed by atoms with Crippen LogP contribution in [0.4, 0.5) is 0 Å². The molecule has 0 aliphatic heterocycles. The summed E-state index contributed by atoms with van der Waals surface area (Å²) in [7, 11) is 0. The predicted octanol–water partition coefficient (Wildman–Crippen LogP) is 7.57. The van der Waals surface area contributed by atoms with Crippen molar-refractivity contribution in [2.75, 3.05) is 0 Å². The molecule has 172 valence electrons. The van der Waals surface area contributed by atoms with Crippen LogP contribution in [0.15, 0.2) is 87.3 Å². The first-order valence-electron chi connectivity index (χ1n) is 10.3. The number of halogens is 3. The number of carbonyl (C=O) groups excluding carboxylic acids is 1. The Hall–Kier alpha value is -3.06. The van der Waals surface area contributed by atoms with Crippen LogP contribution < -0.4 is 10.2 Å². The quantitative estimate of drug-likeness (QED) is 0.138. The molecular weight excluding hydrogens is 539 g/mol. The molecule has 0 atom stereocenters. The first-order chi connectivity index (χ1) is 16.4. The van der Waals surface area contributed by atoms with Crippen LogP contribution in [0.2, 0.25) is 10.0 Å². The number of rotatable bonds is 8. The molecule has 8 heteroatoms. The molecule has 0 aliphatic rings. The minimum absolute atomic E-state index is 0.191. The molecule has 0 saturated carbocycles. The highest BCUT2D eigenvalue weighted by Gasteiger charge is 2.13. The summed E-state index contributed by atoms with van der Waals surface area (Å²) in [5, 5.41) is 6.03. The SMILES string of the molecule is C=CCc1cc(/C=N/NC(=O)c2cc3ccccc3o2)cc(Br)c1OCc1ccc(Cl)cc1Cl. The Kier molecular flexibility index (Phi) is 7.73. The van der Waals surface area contributed by atoms with Gasteiger partial charge in [0.05, 0.1) is 10.7 Å². The number of hydrazone groups is 1. The van der Waals surface area contributed by atoms with E-state index in [1.54, 1.807) is 36.6 Å². The molecule has 4 aromatic rings. The molecule has 0 bridgehead atoms. The van der Waals surface area contributed by atoms with Gasteiger partial charge in [0.15, 0.2) is 5.76 Å². The lowest BCUT2D eigenvalue weighted by molar-refractivity contribution is 0.0929. The van der Waals surface area contributed by atoms with Crippen molar-refractivity contribution < 1.29 is 13.9 Å². The Morgan fingerprint density at radius 1 is 1.12 bits per heavy atom. The fraction of sp³-hybridized carbons (Fsp3) is 0.0769. The van der Waals surface area contributed by atoms with Crippen LogP contribution in [-0.2, 0) is 13.0 Å². The fourth-order valence-corrected chi connectivity index (χ4v) is 4.42. The molecule has 5 nitrogen and oxygen atoms in total. The van der Waals surface area contributed by atoms with Crippen molar-refractivity contribution in [1.82, 2.24) is 5.43 Å². The number of hydrogen-bond acceptors (Lipinski definition) is 4. The number of fused-ring (bicyclic) bond motifs is 1. The fourth-order valence-electron chi connectivity index (χ4n) is 3.32. The van der Waals surface area contributed by atoms with Gasteiger partial charge in [-0.3, -0.25) is 4.79 Å². The molecule has 34 heavy (non-hydrogen) atoms. The van der Waals surface area contributed by atoms with Gasteiger partial charge in [0, 0.05) is 21.0 Å². The molecule has 1 aromatic heterocycles. The van der Waals surface area contributed by atoms with E-state index < -0.39 is 5.91 Å². The highest BCUT2D eigenvalue weighted by Crippen LogP contribution is 2.33. The van der Waals surface area contributed by atoms with Crippen molar-refractivity contribution in [2.45, 2.75) is 13.0 Å². The Labute approximate surface area is 215 Å². The maximum atomic E-state index is 12.4. The highest BCUT2D eigenvalue weighted by atomic mass is 79.9. The Morgan fingerprint density at radius 3 is 2.71 bits per heavy atom. The van der Waals surface area contributed by atoms with Crippen LogP contribution in [0.1, 0.15) is 27.2 Å². The van der Waals surface area contributed by atoms with Gasteiger partial charge in [-0.1, -0.05) is 53.5 Å². The number of allylic oxidation sites excluding steroid dienone is 1. The van der Waals surface area contributed by atoms with Crippen molar-refractivity contribution in [2.24, 2.45) is 5.10 Å². The normalized spacial score (nSPS) is 11.1. The summed E-state index contributed by atoms with van der Waals surface area (Å²) in [4.78, 5) is 12.4. The standard InChI is InChI=1S/C26H19BrCl2N2O3/c1-2-5-18-10-16(11-21(27)25(18)33-15-19-8-9-20(28)13-22(19)29)14-30-31-26(32)24-12-17-6-3-4-7-23(17)34-24/h2-4,6-14H,1,5,15H2,(H,31,32)/b30-14+. The van der Waals surface area contributed by atoms with E-state index in [1.165, 1.54) is 0 Å². The van der Waals surface area contributed by atoms with Crippen LogP contribution in [0.3, 0.4) is 0 Å². The van der Waals surface area contributed by atoms with Crippen molar-refractivity contribution in [3.63, 3.8) is 0 Å². The molecule has 1 N–H and O–H groups in total. The van der Waals surface area contributed by atoms with Crippen LogP contribution in [0, 0.1) is 0 Å². The second-order valence-corrected chi connectivity index (χ2v) is 9.05. The summed E-state index contributed by atoms with van der Waals surface area (Å²) >= 11 is 15.8. The number of ether oxygens (including phenoxy) is 1. The van der Waals surface area contributed by atoms with Gasteiger partial charge in [0.2, 0.25) is 0 Å². The average Bonchev–Trinajstić information content (AvgIpc) is 3.24. The van der Waals surface area contributed by atoms with E-state index in [4.69, 9.17) is 32.4 Å². The van der Waals surface area contributed by atoms with Crippen LogP contribution >= 0.6 is 39.1 Å². The van der Waals surface area contributed by atoms with E-state index in [2.05, 4.69) is 33.0 Å². The van der Waals surface area contributed by atoms with E-state index in [0.717, 1.165) is 26.5 Å². The van der Waals surface area contributed by atoms with Crippen molar-refractivity contribution in [3.8, 4) is 5.75 Å². The Morgan fingerprint density at radius 2 is 1.94 bits per heavy atom. The van der Waals surface area contributed by atoms with Gasteiger partial charge in [0.25, 0.3) is 0 Å². The molecular formula is C26H19BrCl2N2O3. The molecule has 4 rings (SSSR count). The number of carbonyl (C=O) groups is 1. The summed E-state index contributed by atoms with van der Waals surface area (Å²) in [5.41, 5.74) is 5.63. The maximum Gasteiger partial charge on any atom is 0.307 e. The van der Waals surface area contributed by atoms with Crippen LogP contribution in [0.25, 0.3) is 11.0 Å². The number of benzene rings is 3. The van der Waals surface area contributed by atoms with E-state index in [-0.39, 0.29) is 12.4 Å². The van der Waals surface area contributed by atoms with E-state index in [0.29, 0.717) is 27.8 Å². The van der Waals surface area contributed by atoms with Crippen molar-refractivity contribution in [3.05, 3.63) is 110 Å². The lowest BCUT2D eigenvalue weighted by atomic mass is 10.1. The van der Waals surface area contributed by atoms with Gasteiger partial charge in [0.1, 0.15) is 17.9 Å². The lowest BCUT2D eigenvalue weighted by Gasteiger charge is -2.14. The summed E-state index contributed by atoms with van der Waals surface area (Å²) in [5.74, 6) is 0.434. The molecule has 0 spiro atoms. The zero-order chi connectivity index (χ0) is 24.1. The topological polar surface area (TPSA) is 63.8 Å². The minimum atomic E-state index is -0.433. The van der Waals surface area contributed by atoms with Crippen LogP contribution in [0.5, 0.6) is 5.75 Å². The first-order valence-corrected chi connectivity index (χ1v) is 11.8. The molecule has 1 heterocycles. The van der Waals surface area contributed by atoms with E-state index >= 15 is 0 Å². The second-order valence-electron chi connectivity index (χ2n) is 7.36. The molecule has 0 aliphatic carbocycles. The molecule has 0 unspecified atom stereocenters. The Balaban J connectivity index is 1.48. The number of amides is 1. The molecule has 3 aromatic carbocycles. The van der Waals surface area contributed by atoms with Crippen molar-refractivity contribution >= 4 is 62.2 Å². The first kappa shape index (κ1) is 24.1. The third-order valence-corrected chi connectivity index (χ3v) is 6.10. The monoisotopic (exact) mass is 556 g/mol. The van der Waals surface area contributed by atoms with Crippen molar-refractivity contribution in [1.29, 1.82) is 0 Å².